The number of amides is 1. The average Bonchev–Trinajstić information content (AvgIpc) is 3.04. The Morgan fingerprint density at radius 3 is 3.00 bits per heavy atom. The predicted molar refractivity (Wildman–Crippen MR) is 74.7 cm³/mol. The monoisotopic (exact) mass is 342 g/mol. The van der Waals surface area contributed by atoms with E-state index >= 15 is 0 Å². The Bertz CT molecular complexity index is 678. The highest BCUT2D eigenvalue weighted by molar-refractivity contribution is 7.99. The number of nitrogens with one attached hydrogen (secondary N) is 1. The lowest BCUT2D eigenvalue weighted by Crippen LogP contribution is -2.81. The van der Waals surface area contributed by atoms with Crippen LogP contribution in [-0.4, -0.2) is 73.4 Å². The van der Waals surface area contributed by atoms with Crippen LogP contribution in [0.5, 0.6) is 0 Å². The molecule has 0 saturated carbocycles. The van der Waals surface area contributed by atoms with Crippen LogP contribution in [0, 0.1) is 0 Å². The smallest absolute Gasteiger partial charge is 0.352 e. The molecule has 3 rings (SSSR count). The maximum Gasteiger partial charge on any atom is 0.352 e. The molecule has 1 aromatic rings. The van der Waals surface area contributed by atoms with Gasteiger partial charge in [0.25, 0.3) is 5.91 Å². The van der Waals surface area contributed by atoms with E-state index in [1.807, 2.05) is 0 Å². The molecule has 23 heavy (non-hydrogen) atoms. The first-order valence-electron chi connectivity index (χ1n) is 6.56. The van der Waals surface area contributed by atoms with E-state index in [0.717, 1.165) is 4.90 Å². The lowest BCUT2D eigenvalue weighted by atomic mass is 9.94. The van der Waals surface area contributed by atoms with Crippen LogP contribution < -0.4 is 5.73 Å². The number of aliphatic carboxylic acids is 1. The van der Waals surface area contributed by atoms with Crippen LogP contribution in [-0.2, 0) is 19.1 Å². The molecule has 1 saturated heterocycles. The first-order chi connectivity index (χ1) is 10.9. The topological polar surface area (TPSA) is 157 Å². The number of H-pyrrole nitrogens is 1. The minimum absolute atomic E-state index is 0.00806. The van der Waals surface area contributed by atoms with Crippen molar-refractivity contribution in [3.63, 3.8) is 0 Å². The number of thioether (sulfide) groups is 1. The Labute approximate surface area is 134 Å². The highest BCUT2D eigenvalue weighted by atomic mass is 32.2. The molecule has 3 heterocycles. The molecule has 0 bridgehead atoms. The second-order valence-electron chi connectivity index (χ2n) is 4.98. The third kappa shape index (κ3) is 2.30. The van der Waals surface area contributed by atoms with Gasteiger partial charge in [0.15, 0.2) is 6.23 Å². The number of nitrogens with two attached hydrogens (primary N) is 1. The molecule has 1 fully saturated rings. The minimum atomic E-state index is -1.66. The summed E-state index contributed by atoms with van der Waals surface area (Å²) in [6, 6.07) is 0. The van der Waals surface area contributed by atoms with Crippen molar-refractivity contribution >= 4 is 23.6 Å². The lowest BCUT2D eigenvalue weighted by molar-refractivity contribution is -0.248. The zero-order valence-corrected chi connectivity index (χ0v) is 13.0. The fourth-order valence-electron chi connectivity index (χ4n) is 2.51. The maximum absolute atomic E-state index is 12.2. The predicted octanol–water partition coefficient (Wildman–Crippen LogP) is -1.48. The van der Waals surface area contributed by atoms with Crippen molar-refractivity contribution in [1.29, 1.82) is 0 Å². The zero-order chi connectivity index (χ0) is 16.8. The third-order valence-electron chi connectivity index (χ3n) is 3.74. The lowest BCUT2D eigenvalue weighted by Gasteiger charge is -2.54. The standard InChI is InChI=1S/C11H14N6O5S/c1-4(23-10-13-15-16-14-10)5-3-22-9-11(12,21-2)8(20)17(9)6(5)7(18)19/h4,9H,3,12H2,1-2H3,(H,18,19)(H,13,14,15,16)/t4?,9?,11-/m0/s1. The SMILES string of the molecule is CO[C@@]1(N)C(=O)N2C(C(=O)O)=C(C(C)Sc3nnn[nH]3)COC21. The number of tetrazole rings is 1. The summed E-state index contributed by atoms with van der Waals surface area (Å²) in [5.74, 6) is -1.89. The number of rotatable bonds is 5. The fraction of sp³-hybridized carbons (Fsp3) is 0.545. The Kier molecular flexibility index (Phi) is 3.83. The average molecular weight is 342 g/mol. The van der Waals surface area contributed by atoms with Crippen molar-refractivity contribution in [3.8, 4) is 0 Å². The molecule has 0 radical (unpaired) electrons. The molecule has 3 atom stereocenters. The Morgan fingerprint density at radius 2 is 2.43 bits per heavy atom. The summed E-state index contributed by atoms with van der Waals surface area (Å²) in [4.78, 5) is 24.9. The molecular weight excluding hydrogens is 328 g/mol. The number of carbonyl (C=O) groups excluding carboxylic acids is 1. The van der Waals surface area contributed by atoms with Crippen LogP contribution >= 0.6 is 11.8 Å². The van der Waals surface area contributed by atoms with Gasteiger partial charge in [0.05, 0.1) is 6.61 Å². The van der Waals surface area contributed by atoms with Gasteiger partial charge in [0.1, 0.15) is 5.70 Å². The van der Waals surface area contributed by atoms with Gasteiger partial charge in [-0.25, -0.2) is 9.89 Å². The van der Waals surface area contributed by atoms with Crippen molar-refractivity contribution in [2.75, 3.05) is 13.7 Å². The van der Waals surface area contributed by atoms with Gasteiger partial charge in [-0.1, -0.05) is 11.8 Å². The van der Waals surface area contributed by atoms with E-state index in [1.165, 1.54) is 18.9 Å². The molecule has 12 heteroatoms. The molecule has 0 aliphatic carbocycles. The summed E-state index contributed by atoms with van der Waals surface area (Å²) in [6.45, 7) is 1.78. The van der Waals surface area contributed by atoms with Crippen LogP contribution in [0.15, 0.2) is 16.4 Å². The summed E-state index contributed by atoms with van der Waals surface area (Å²) in [5, 5.41) is 22.8. The fourth-order valence-corrected chi connectivity index (χ4v) is 3.35. The highest BCUT2D eigenvalue weighted by Crippen LogP contribution is 2.41. The molecule has 4 N–H and O–H groups in total. The summed E-state index contributed by atoms with van der Waals surface area (Å²) in [7, 11) is 1.27. The molecular formula is C11H14N6O5S. The van der Waals surface area contributed by atoms with Gasteiger partial charge < -0.3 is 14.6 Å². The second kappa shape index (κ2) is 5.56. The molecule has 1 aromatic heterocycles. The van der Waals surface area contributed by atoms with Crippen molar-refractivity contribution in [2.24, 2.45) is 5.73 Å². The summed E-state index contributed by atoms with van der Waals surface area (Å²) in [6.07, 6.45) is -0.959. The number of hydrogen-bond acceptors (Lipinski definition) is 9. The van der Waals surface area contributed by atoms with Gasteiger partial charge in [-0.2, -0.15) is 0 Å². The van der Waals surface area contributed by atoms with Gasteiger partial charge >= 0.3 is 5.97 Å². The molecule has 0 aromatic carbocycles. The first-order valence-corrected chi connectivity index (χ1v) is 7.44. The van der Waals surface area contributed by atoms with E-state index < -0.39 is 23.8 Å². The number of aromatic nitrogens is 4. The van der Waals surface area contributed by atoms with Crippen molar-refractivity contribution in [3.05, 3.63) is 11.3 Å². The summed E-state index contributed by atoms with van der Waals surface area (Å²) in [5.41, 5.74) is 4.44. The number of ether oxygens (including phenoxy) is 2. The number of fused-ring (bicyclic) bond motifs is 1. The minimum Gasteiger partial charge on any atom is -0.477 e. The Balaban J connectivity index is 1.92. The largest absolute Gasteiger partial charge is 0.477 e. The van der Waals surface area contributed by atoms with E-state index in [0.29, 0.717) is 10.7 Å². The van der Waals surface area contributed by atoms with Crippen molar-refractivity contribution in [1.82, 2.24) is 25.5 Å². The van der Waals surface area contributed by atoms with Gasteiger partial charge in [-0.15, -0.1) is 5.10 Å². The van der Waals surface area contributed by atoms with E-state index in [1.54, 1.807) is 6.92 Å². The second-order valence-corrected chi connectivity index (χ2v) is 6.31. The van der Waals surface area contributed by atoms with E-state index in [-0.39, 0.29) is 17.6 Å². The third-order valence-corrected chi connectivity index (χ3v) is 4.78. The summed E-state index contributed by atoms with van der Waals surface area (Å²) >= 11 is 1.22. The first kappa shape index (κ1) is 15.9. The zero-order valence-electron chi connectivity index (χ0n) is 12.2. The number of hydrogen-bond donors (Lipinski definition) is 3. The molecule has 0 spiro atoms. The maximum atomic E-state index is 12.2. The molecule has 2 unspecified atom stereocenters. The number of carboxylic acid groups (broad SMARTS) is 1. The van der Waals surface area contributed by atoms with Crippen LogP contribution in [0.2, 0.25) is 0 Å². The van der Waals surface area contributed by atoms with Crippen LogP contribution in [0.1, 0.15) is 6.92 Å². The number of carboxylic acids is 1. The normalized spacial score (nSPS) is 28.4. The molecule has 11 nitrogen and oxygen atoms in total. The molecule has 1 amide bonds. The number of methoxy groups -OCH3 is 1. The highest BCUT2D eigenvalue weighted by Gasteiger charge is 2.64. The van der Waals surface area contributed by atoms with Gasteiger partial charge in [0.2, 0.25) is 10.9 Å². The van der Waals surface area contributed by atoms with E-state index in [4.69, 9.17) is 15.2 Å². The molecule has 2 aliphatic rings. The Hall–Kier alpha value is -2.02. The van der Waals surface area contributed by atoms with Gasteiger partial charge in [-0.05, 0) is 17.4 Å². The Morgan fingerprint density at radius 1 is 1.70 bits per heavy atom. The van der Waals surface area contributed by atoms with Crippen molar-refractivity contribution in [2.45, 2.75) is 29.3 Å². The number of β-lactam (4-membered cyclic amide) rings is 1. The number of carbonyl (C=O) groups is 2. The van der Waals surface area contributed by atoms with E-state index in [9.17, 15) is 14.7 Å². The van der Waals surface area contributed by atoms with Crippen LogP contribution in [0.4, 0.5) is 0 Å². The number of nitrogens with zero attached hydrogens (tertiary/aromatic N) is 4. The van der Waals surface area contributed by atoms with Gasteiger partial charge in [0, 0.05) is 17.9 Å². The van der Waals surface area contributed by atoms with Crippen LogP contribution in [0.3, 0.4) is 0 Å². The van der Waals surface area contributed by atoms with Crippen molar-refractivity contribution < 1.29 is 24.2 Å². The van der Waals surface area contributed by atoms with Crippen LogP contribution in [0.25, 0.3) is 0 Å². The number of aromatic amines is 1. The summed E-state index contributed by atoms with van der Waals surface area (Å²) < 4.78 is 10.5. The van der Waals surface area contributed by atoms with Gasteiger partial charge in [-0.3, -0.25) is 15.4 Å². The van der Waals surface area contributed by atoms with E-state index in [2.05, 4.69) is 20.6 Å². The quantitative estimate of drug-likeness (QED) is 0.327. The molecule has 2 aliphatic heterocycles. The molecule has 124 valence electrons.